The molecule has 0 spiro atoms. The van der Waals surface area contributed by atoms with Crippen LogP contribution in [0.3, 0.4) is 0 Å². The zero-order valence-electron chi connectivity index (χ0n) is 8.66. The molecule has 2 rings (SSSR count). The van der Waals surface area contributed by atoms with E-state index in [2.05, 4.69) is 18.8 Å². The van der Waals surface area contributed by atoms with Gasteiger partial charge in [-0.2, -0.15) is 0 Å². The van der Waals surface area contributed by atoms with E-state index in [9.17, 15) is 0 Å². The van der Waals surface area contributed by atoms with Crippen LogP contribution >= 0.6 is 0 Å². The summed E-state index contributed by atoms with van der Waals surface area (Å²) < 4.78 is 5.76. The van der Waals surface area contributed by atoms with Crippen LogP contribution in [0, 0.1) is 0 Å². The lowest BCUT2D eigenvalue weighted by atomic mass is 10.0. The average molecular weight is 192 g/mol. The predicted molar refractivity (Wildman–Crippen MR) is 56.4 cm³/mol. The van der Waals surface area contributed by atoms with Crippen molar-refractivity contribution in [2.45, 2.75) is 38.7 Å². The third-order valence-electron chi connectivity index (χ3n) is 2.39. The van der Waals surface area contributed by atoms with Crippen LogP contribution in [0.2, 0.25) is 0 Å². The third kappa shape index (κ3) is 1.81. The molecule has 1 aliphatic carbocycles. The minimum absolute atomic E-state index is 0.374. The zero-order chi connectivity index (χ0) is 10.1. The predicted octanol–water partition coefficient (Wildman–Crippen LogP) is 2.33. The molecule has 1 saturated carbocycles. The van der Waals surface area contributed by atoms with Crippen molar-refractivity contribution >= 4 is 5.82 Å². The Morgan fingerprint density at radius 3 is 2.79 bits per heavy atom. The monoisotopic (exact) mass is 192 g/mol. The number of nitrogens with zero attached hydrogens (tertiary/aromatic N) is 1. The van der Waals surface area contributed by atoms with Crippen LogP contribution < -0.4 is 10.5 Å². The molecule has 3 nitrogen and oxygen atoms in total. The molecule has 0 saturated heterocycles. The zero-order valence-corrected chi connectivity index (χ0v) is 8.66. The lowest BCUT2D eigenvalue weighted by Crippen LogP contribution is -2.05. The molecule has 76 valence electrons. The first-order valence-corrected chi connectivity index (χ1v) is 5.09. The summed E-state index contributed by atoms with van der Waals surface area (Å²) in [7, 11) is 0. The van der Waals surface area contributed by atoms with Crippen molar-refractivity contribution < 1.29 is 4.74 Å². The molecule has 14 heavy (non-hydrogen) atoms. The minimum Gasteiger partial charge on any atom is -0.486 e. The van der Waals surface area contributed by atoms with Gasteiger partial charge in [0.15, 0.2) is 11.6 Å². The van der Waals surface area contributed by atoms with E-state index in [-0.39, 0.29) is 0 Å². The van der Waals surface area contributed by atoms with Crippen LogP contribution in [0.25, 0.3) is 0 Å². The summed E-state index contributed by atoms with van der Waals surface area (Å²) in [5, 5.41) is 0. The molecule has 3 heteroatoms. The average Bonchev–Trinajstić information content (AvgIpc) is 2.91. The Morgan fingerprint density at radius 1 is 1.50 bits per heavy atom. The maximum Gasteiger partial charge on any atom is 0.166 e. The fourth-order valence-corrected chi connectivity index (χ4v) is 1.42. The van der Waals surface area contributed by atoms with E-state index < -0.39 is 0 Å². The highest BCUT2D eigenvalue weighted by molar-refractivity contribution is 5.52. The number of rotatable bonds is 3. The van der Waals surface area contributed by atoms with Crippen molar-refractivity contribution in [2.75, 3.05) is 5.73 Å². The van der Waals surface area contributed by atoms with Gasteiger partial charge in [-0.3, -0.25) is 0 Å². The van der Waals surface area contributed by atoms with E-state index >= 15 is 0 Å². The number of hydrogen-bond acceptors (Lipinski definition) is 3. The van der Waals surface area contributed by atoms with Crippen molar-refractivity contribution in [3.63, 3.8) is 0 Å². The van der Waals surface area contributed by atoms with Gasteiger partial charge in [0.2, 0.25) is 0 Å². The van der Waals surface area contributed by atoms with Crippen LogP contribution in [0.4, 0.5) is 5.82 Å². The second-order valence-electron chi connectivity index (χ2n) is 4.09. The van der Waals surface area contributed by atoms with Crippen LogP contribution in [-0.4, -0.2) is 11.1 Å². The molecule has 1 heterocycles. The number of nitrogens with two attached hydrogens (primary N) is 1. The quantitative estimate of drug-likeness (QED) is 0.799. The molecule has 1 aliphatic rings. The number of pyridine rings is 1. The van der Waals surface area contributed by atoms with Gasteiger partial charge < -0.3 is 10.5 Å². The molecular formula is C11H16N2O. The van der Waals surface area contributed by atoms with Crippen LogP contribution in [0.1, 0.15) is 38.2 Å². The largest absolute Gasteiger partial charge is 0.486 e. The molecule has 2 N–H and O–H groups in total. The first-order valence-electron chi connectivity index (χ1n) is 5.09. The van der Waals surface area contributed by atoms with Crippen molar-refractivity contribution in [2.24, 2.45) is 0 Å². The van der Waals surface area contributed by atoms with E-state index in [4.69, 9.17) is 10.5 Å². The Morgan fingerprint density at radius 2 is 2.21 bits per heavy atom. The fraction of sp³-hybridized carbons (Fsp3) is 0.545. The van der Waals surface area contributed by atoms with Gasteiger partial charge in [0.25, 0.3) is 0 Å². The molecule has 0 atom stereocenters. The maximum atomic E-state index is 5.80. The molecule has 0 radical (unpaired) electrons. The molecule has 0 bridgehead atoms. The summed E-state index contributed by atoms with van der Waals surface area (Å²) in [6.45, 7) is 4.27. The molecule has 1 aromatic rings. The van der Waals surface area contributed by atoms with Crippen molar-refractivity contribution in [1.82, 2.24) is 4.98 Å². The van der Waals surface area contributed by atoms with Gasteiger partial charge in [0.1, 0.15) is 0 Å². The number of anilines is 1. The molecule has 0 unspecified atom stereocenters. The number of ether oxygens (including phenoxy) is 1. The van der Waals surface area contributed by atoms with Gasteiger partial charge in [-0.15, -0.1) is 0 Å². The number of nitrogen functional groups attached to an aromatic ring is 1. The van der Waals surface area contributed by atoms with Crippen LogP contribution in [0.15, 0.2) is 12.3 Å². The van der Waals surface area contributed by atoms with Crippen molar-refractivity contribution in [3.05, 3.63) is 17.8 Å². The van der Waals surface area contributed by atoms with E-state index in [1.807, 2.05) is 6.07 Å². The van der Waals surface area contributed by atoms with E-state index in [0.717, 1.165) is 24.2 Å². The first-order chi connectivity index (χ1) is 6.68. The van der Waals surface area contributed by atoms with E-state index in [1.165, 1.54) is 0 Å². The summed E-state index contributed by atoms with van der Waals surface area (Å²) in [4.78, 5) is 4.06. The van der Waals surface area contributed by atoms with E-state index in [1.54, 1.807) is 6.20 Å². The van der Waals surface area contributed by atoms with Crippen molar-refractivity contribution in [3.8, 4) is 5.75 Å². The molecule has 0 aliphatic heterocycles. The molecule has 1 fully saturated rings. The SMILES string of the molecule is CC(C)c1ccnc(N)c1OC1CC1. The topological polar surface area (TPSA) is 48.1 Å². The van der Waals surface area contributed by atoms with Crippen molar-refractivity contribution in [1.29, 1.82) is 0 Å². The smallest absolute Gasteiger partial charge is 0.166 e. The second-order valence-corrected chi connectivity index (χ2v) is 4.09. The Balaban J connectivity index is 2.31. The molecule has 1 aromatic heterocycles. The summed E-state index contributed by atoms with van der Waals surface area (Å²) in [6.07, 6.45) is 4.40. The molecule has 0 amide bonds. The third-order valence-corrected chi connectivity index (χ3v) is 2.39. The highest BCUT2D eigenvalue weighted by Gasteiger charge is 2.26. The maximum absolute atomic E-state index is 5.80. The van der Waals surface area contributed by atoms with Crippen LogP contribution in [0.5, 0.6) is 5.75 Å². The Hall–Kier alpha value is -1.25. The summed E-state index contributed by atoms with van der Waals surface area (Å²) in [6, 6.07) is 1.98. The van der Waals surface area contributed by atoms with Gasteiger partial charge in [0.05, 0.1) is 6.10 Å². The van der Waals surface area contributed by atoms with Gasteiger partial charge in [0, 0.05) is 11.8 Å². The summed E-state index contributed by atoms with van der Waals surface area (Å²) >= 11 is 0. The Kier molecular flexibility index (Phi) is 2.32. The van der Waals surface area contributed by atoms with Crippen LogP contribution in [-0.2, 0) is 0 Å². The number of hydrogen-bond donors (Lipinski definition) is 1. The second kappa shape index (κ2) is 3.48. The Labute approximate surface area is 84.3 Å². The lowest BCUT2D eigenvalue weighted by Gasteiger charge is -2.14. The standard InChI is InChI=1S/C11H16N2O/c1-7(2)9-5-6-13-11(12)10(9)14-8-3-4-8/h5-8H,3-4H2,1-2H3,(H2,12,13). The van der Waals surface area contributed by atoms with E-state index in [0.29, 0.717) is 17.8 Å². The molecule has 0 aromatic carbocycles. The normalized spacial score (nSPS) is 15.9. The lowest BCUT2D eigenvalue weighted by molar-refractivity contribution is 0.299. The fourth-order valence-electron chi connectivity index (χ4n) is 1.42. The number of aromatic nitrogens is 1. The minimum atomic E-state index is 0.374. The van der Waals surface area contributed by atoms with Gasteiger partial charge in [-0.25, -0.2) is 4.98 Å². The highest BCUT2D eigenvalue weighted by atomic mass is 16.5. The highest BCUT2D eigenvalue weighted by Crippen LogP contribution is 2.35. The Bertz CT molecular complexity index is 332. The first kappa shape index (κ1) is 9.31. The van der Waals surface area contributed by atoms with Gasteiger partial charge >= 0.3 is 0 Å². The van der Waals surface area contributed by atoms with Gasteiger partial charge in [-0.05, 0) is 24.8 Å². The van der Waals surface area contributed by atoms with Gasteiger partial charge in [-0.1, -0.05) is 13.8 Å². The summed E-state index contributed by atoms with van der Waals surface area (Å²) in [5.41, 5.74) is 6.96. The molecular weight excluding hydrogens is 176 g/mol. The summed E-state index contributed by atoms with van der Waals surface area (Å²) in [5.74, 6) is 1.74.